The highest BCUT2D eigenvalue weighted by Gasteiger charge is 2.42. The number of fused-ring (bicyclic) bond motifs is 1. The van der Waals surface area contributed by atoms with Crippen molar-refractivity contribution in [3.8, 4) is 23.0 Å². The smallest absolute Gasteiger partial charge is 0.254 e. The molecule has 0 radical (unpaired) electrons. The number of ether oxygens (including phenoxy) is 3. The summed E-state index contributed by atoms with van der Waals surface area (Å²) in [6.45, 7) is 3.87. The zero-order chi connectivity index (χ0) is 37.1. The Morgan fingerprint density at radius 2 is 1.57 bits per heavy atom. The van der Waals surface area contributed by atoms with Gasteiger partial charge < -0.3 is 33.7 Å². The van der Waals surface area contributed by atoms with Gasteiger partial charge in [0.05, 0.1) is 32.4 Å². The number of ketones is 1. The molecule has 1 amide bonds. The van der Waals surface area contributed by atoms with Gasteiger partial charge in [-0.05, 0) is 105 Å². The fourth-order valence-corrected chi connectivity index (χ4v) is 8.00. The van der Waals surface area contributed by atoms with E-state index in [9.17, 15) is 19.1 Å². The highest BCUT2D eigenvalue weighted by molar-refractivity contribution is 5.98. The van der Waals surface area contributed by atoms with Gasteiger partial charge in [0.1, 0.15) is 11.6 Å². The number of halogens is 1. The van der Waals surface area contributed by atoms with Gasteiger partial charge in [-0.1, -0.05) is 36.4 Å². The zero-order valence-corrected chi connectivity index (χ0v) is 30.4. The average Bonchev–Trinajstić information content (AvgIpc) is 3.80. The number of phenolic OH excluding ortho intramolecular Hbond substituents is 1. The first-order chi connectivity index (χ1) is 25.7. The van der Waals surface area contributed by atoms with E-state index in [1.165, 1.54) is 33.5 Å². The van der Waals surface area contributed by atoms with Gasteiger partial charge in [-0.2, -0.15) is 0 Å². The molecule has 2 saturated heterocycles. The highest BCUT2D eigenvalue weighted by atomic mass is 19.1. The summed E-state index contributed by atoms with van der Waals surface area (Å²) in [7, 11) is 4.59. The van der Waals surface area contributed by atoms with E-state index >= 15 is 0 Å². The van der Waals surface area contributed by atoms with Crippen LogP contribution in [0.1, 0.15) is 57.8 Å². The lowest BCUT2D eigenvalue weighted by molar-refractivity contribution is 0.0777. The van der Waals surface area contributed by atoms with Crippen LogP contribution in [-0.2, 0) is 12.0 Å². The summed E-state index contributed by atoms with van der Waals surface area (Å²) >= 11 is 0. The van der Waals surface area contributed by atoms with Gasteiger partial charge in [0.25, 0.3) is 5.91 Å². The minimum Gasteiger partial charge on any atom is -0.508 e. The summed E-state index contributed by atoms with van der Waals surface area (Å²) in [6, 6.07) is 24.8. The van der Waals surface area contributed by atoms with Crippen molar-refractivity contribution in [2.45, 2.75) is 37.6 Å². The second kappa shape index (κ2) is 15.3. The number of piperidine rings is 1. The summed E-state index contributed by atoms with van der Waals surface area (Å²) < 4.78 is 32.1. The number of imidazole rings is 1. The number of nitrogens with zero attached hydrogens (tertiary/aromatic N) is 4. The molecule has 5 aromatic rings. The first-order valence-corrected chi connectivity index (χ1v) is 18.1. The van der Waals surface area contributed by atoms with E-state index in [0.29, 0.717) is 48.3 Å². The van der Waals surface area contributed by atoms with E-state index in [4.69, 9.17) is 19.2 Å². The largest absolute Gasteiger partial charge is 0.508 e. The molecule has 3 heterocycles. The number of benzene rings is 4. The summed E-state index contributed by atoms with van der Waals surface area (Å²) in [4.78, 5) is 37.1. The number of methoxy groups -OCH3 is 3. The standard InChI is InChI=1S/C42H45FN4O6/c1-51-36-24-30(25-37(52-2)39(36)53-3)41(50)46-23-19-42(27-46,31-10-14-33(48)15-11-31)18-22-45-20-16-29(17-21-45)38(49)40-44-34-6-4-5-7-35(34)47(40)26-28-8-12-32(43)13-9-28/h4-15,24-25,29,48H,16-23,26-27H2,1-3H3. The molecule has 10 nitrogen and oxygen atoms in total. The van der Waals surface area contributed by atoms with Crippen LogP contribution < -0.4 is 14.2 Å². The first-order valence-electron chi connectivity index (χ1n) is 18.1. The predicted molar refractivity (Wildman–Crippen MR) is 200 cm³/mol. The van der Waals surface area contributed by atoms with Crippen molar-refractivity contribution in [1.29, 1.82) is 0 Å². The van der Waals surface area contributed by atoms with E-state index < -0.39 is 0 Å². The Balaban J connectivity index is 1.04. The third-order valence-electron chi connectivity index (χ3n) is 11.0. The Morgan fingerprint density at radius 3 is 2.23 bits per heavy atom. The number of carbonyl (C=O) groups is 2. The van der Waals surface area contributed by atoms with Gasteiger partial charge in [-0.15, -0.1) is 0 Å². The minimum atomic E-state index is -0.318. The van der Waals surface area contributed by atoms with Crippen LogP contribution in [0.4, 0.5) is 4.39 Å². The zero-order valence-electron chi connectivity index (χ0n) is 30.4. The summed E-state index contributed by atoms with van der Waals surface area (Å²) in [5.41, 5.74) is 3.77. The number of Topliss-reactive ketones (excluding diaryl/α,β-unsaturated/α-hetero) is 1. The molecule has 0 aliphatic carbocycles. The Hall–Kier alpha value is -5.42. The SMILES string of the molecule is COc1cc(C(=O)N2CCC(CCN3CCC(C(=O)c4nc5ccccc5n4Cc4ccc(F)cc4)CC3)(c3ccc(O)cc3)C2)cc(OC)c1OC. The van der Waals surface area contributed by atoms with Crippen molar-refractivity contribution in [2.24, 2.45) is 5.92 Å². The van der Waals surface area contributed by atoms with E-state index in [2.05, 4.69) is 4.90 Å². The molecular formula is C42H45FN4O6. The van der Waals surface area contributed by atoms with Crippen molar-refractivity contribution >= 4 is 22.7 Å². The van der Waals surface area contributed by atoms with Crippen LogP contribution >= 0.6 is 0 Å². The average molecular weight is 721 g/mol. The Labute approximate surface area is 308 Å². The molecule has 276 valence electrons. The number of rotatable bonds is 12. The monoisotopic (exact) mass is 720 g/mol. The normalized spacial score (nSPS) is 18.0. The van der Waals surface area contributed by atoms with Crippen molar-refractivity contribution < 1.29 is 33.3 Å². The van der Waals surface area contributed by atoms with Crippen LogP contribution in [0.25, 0.3) is 11.0 Å². The van der Waals surface area contributed by atoms with Crippen molar-refractivity contribution in [3.63, 3.8) is 0 Å². The third-order valence-corrected chi connectivity index (χ3v) is 11.0. The first kappa shape index (κ1) is 36.0. The predicted octanol–water partition coefficient (Wildman–Crippen LogP) is 6.72. The van der Waals surface area contributed by atoms with Crippen LogP contribution in [0.2, 0.25) is 0 Å². The number of aromatic hydroxyl groups is 1. The molecule has 0 bridgehead atoms. The van der Waals surface area contributed by atoms with Crippen LogP contribution in [0.5, 0.6) is 23.0 Å². The number of phenols is 1. The number of hydrogen-bond donors (Lipinski definition) is 1. The van der Waals surface area contributed by atoms with Gasteiger partial charge in [0, 0.05) is 36.5 Å². The molecule has 1 aromatic heterocycles. The lowest BCUT2D eigenvalue weighted by atomic mass is 9.76. The molecule has 1 N–H and O–H groups in total. The second-order valence-electron chi connectivity index (χ2n) is 14.1. The van der Waals surface area contributed by atoms with Crippen LogP contribution in [0.3, 0.4) is 0 Å². The van der Waals surface area contributed by atoms with Gasteiger partial charge in [-0.25, -0.2) is 9.37 Å². The fourth-order valence-electron chi connectivity index (χ4n) is 8.00. The second-order valence-corrected chi connectivity index (χ2v) is 14.1. The highest BCUT2D eigenvalue weighted by Crippen LogP contribution is 2.42. The van der Waals surface area contributed by atoms with Crippen LogP contribution in [-0.4, -0.2) is 90.2 Å². The number of amides is 1. The van der Waals surface area contributed by atoms with Crippen molar-refractivity contribution in [2.75, 3.05) is 54.1 Å². The molecular weight excluding hydrogens is 675 g/mol. The molecule has 0 saturated carbocycles. The number of hydrogen-bond acceptors (Lipinski definition) is 8. The lowest BCUT2D eigenvalue weighted by Crippen LogP contribution is -2.41. The van der Waals surface area contributed by atoms with Gasteiger partial charge in [0.15, 0.2) is 17.3 Å². The number of carbonyl (C=O) groups excluding carboxylic acids is 2. The van der Waals surface area contributed by atoms with Crippen molar-refractivity contribution in [1.82, 2.24) is 19.4 Å². The Kier molecular flexibility index (Phi) is 10.4. The van der Waals surface area contributed by atoms with Gasteiger partial charge in [0.2, 0.25) is 11.5 Å². The number of para-hydroxylation sites is 2. The number of aromatic nitrogens is 2. The Morgan fingerprint density at radius 1 is 0.887 bits per heavy atom. The van der Waals surface area contributed by atoms with Gasteiger partial charge in [-0.3, -0.25) is 9.59 Å². The van der Waals surface area contributed by atoms with Crippen LogP contribution in [0.15, 0.2) is 84.9 Å². The van der Waals surface area contributed by atoms with Crippen molar-refractivity contribution in [3.05, 3.63) is 113 Å². The Bertz CT molecular complexity index is 2070. The topological polar surface area (TPSA) is 106 Å². The third kappa shape index (κ3) is 7.30. The molecule has 7 rings (SSSR count). The number of likely N-dealkylation sites (tertiary alicyclic amines) is 2. The maximum Gasteiger partial charge on any atom is 0.254 e. The summed E-state index contributed by atoms with van der Waals surface area (Å²) in [5.74, 6) is 1.40. The van der Waals surface area contributed by atoms with E-state index in [1.807, 2.05) is 45.9 Å². The molecule has 2 aliphatic rings. The maximum absolute atomic E-state index is 14.1. The molecule has 53 heavy (non-hydrogen) atoms. The van der Waals surface area contributed by atoms with E-state index in [-0.39, 0.29) is 34.6 Å². The van der Waals surface area contributed by atoms with Crippen LogP contribution in [0, 0.1) is 11.7 Å². The molecule has 2 aliphatic heterocycles. The minimum absolute atomic E-state index is 0.0419. The van der Waals surface area contributed by atoms with Gasteiger partial charge >= 0.3 is 0 Å². The lowest BCUT2D eigenvalue weighted by Gasteiger charge is -2.36. The molecule has 0 spiro atoms. The van der Waals surface area contributed by atoms with E-state index in [1.54, 1.807) is 36.4 Å². The summed E-state index contributed by atoms with van der Waals surface area (Å²) in [5, 5.41) is 10.1. The quantitative estimate of drug-likeness (QED) is 0.142. The summed E-state index contributed by atoms with van der Waals surface area (Å²) in [6.07, 6.45) is 3.02. The van der Waals surface area contributed by atoms with E-state index in [0.717, 1.165) is 67.5 Å². The molecule has 1 atom stereocenters. The maximum atomic E-state index is 14.1. The fraction of sp³-hybridized carbons (Fsp3) is 0.357. The molecule has 4 aromatic carbocycles. The molecule has 1 unspecified atom stereocenters. The molecule has 2 fully saturated rings. The molecule has 11 heteroatoms.